The fraction of sp³-hybridized carbons (Fsp3) is 0.667. The van der Waals surface area contributed by atoms with Crippen LogP contribution in [0.15, 0.2) is 22.7 Å². The summed E-state index contributed by atoms with van der Waals surface area (Å²) < 4.78 is 1.16. The molecule has 2 nitrogen and oxygen atoms in total. The lowest BCUT2D eigenvalue weighted by molar-refractivity contribution is 0.243. The van der Waals surface area contributed by atoms with Crippen molar-refractivity contribution in [1.29, 1.82) is 0 Å². The molecule has 0 saturated heterocycles. The van der Waals surface area contributed by atoms with E-state index < -0.39 is 0 Å². The van der Waals surface area contributed by atoms with Gasteiger partial charge in [-0.15, -0.1) is 0 Å². The Hall–Kier alpha value is -0.700. The number of rotatable bonds is 3. The average Bonchev–Trinajstić information content (AvgIpc) is 3.09. The summed E-state index contributed by atoms with van der Waals surface area (Å²) in [5, 5.41) is 3.90. The number of anilines is 2. The molecular formula is C18H25BrN2. The van der Waals surface area contributed by atoms with Gasteiger partial charge in [-0.05, 0) is 67.6 Å². The zero-order valence-electron chi connectivity index (χ0n) is 13.0. The van der Waals surface area contributed by atoms with Gasteiger partial charge < -0.3 is 10.2 Å². The Labute approximate surface area is 136 Å². The van der Waals surface area contributed by atoms with Crippen molar-refractivity contribution in [3.8, 4) is 0 Å². The monoisotopic (exact) mass is 348 g/mol. The van der Waals surface area contributed by atoms with Crippen molar-refractivity contribution in [3.63, 3.8) is 0 Å². The fourth-order valence-corrected chi connectivity index (χ4v) is 5.81. The summed E-state index contributed by atoms with van der Waals surface area (Å²) in [6.07, 6.45) is 7.36. The van der Waals surface area contributed by atoms with Gasteiger partial charge in [0.2, 0.25) is 0 Å². The van der Waals surface area contributed by atoms with Crippen molar-refractivity contribution in [2.24, 2.45) is 23.7 Å². The van der Waals surface area contributed by atoms with Crippen LogP contribution in [-0.4, -0.2) is 20.1 Å². The number of halogens is 1. The number of fused-ring (bicyclic) bond motifs is 5. The van der Waals surface area contributed by atoms with Gasteiger partial charge in [-0.1, -0.05) is 22.4 Å². The topological polar surface area (TPSA) is 15.3 Å². The van der Waals surface area contributed by atoms with E-state index in [9.17, 15) is 0 Å². The lowest BCUT2D eigenvalue weighted by Gasteiger charge is -2.33. The number of nitrogens with one attached hydrogen (secondary N) is 1. The van der Waals surface area contributed by atoms with Crippen molar-refractivity contribution in [1.82, 2.24) is 0 Å². The van der Waals surface area contributed by atoms with Gasteiger partial charge in [0.15, 0.2) is 0 Å². The van der Waals surface area contributed by atoms with Gasteiger partial charge in [-0.25, -0.2) is 0 Å². The molecule has 0 aromatic heterocycles. The van der Waals surface area contributed by atoms with Crippen LogP contribution in [0.2, 0.25) is 0 Å². The third-order valence-electron chi connectivity index (χ3n) is 6.21. The molecule has 5 unspecified atom stereocenters. The van der Waals surface area contributed by atoms with Gasteiger partial charge in [0, 0.05) is 24.6 Å². The molecule has 4 rings (SSSR count). The molecule has 3 fully saturated rings. The van der Waals surface area contributed by atoms with E-state index in [2.05, 4.69) is 58.4 Å². The molecular weight excluding hydrogens is 324 g/mol. The van der Waals surface area contributed by atoms with Crippen LogP contribution < -0.4 is 10.2 Å². The molecule has 1 aromatic rings. The van der Waals surface area contributed by atoms with Gasteiger partial charge in [0.1, 0.15) is 0 Å². The highest BCUT2D eigenvalue weighted by atomic mass is 79.9. The predicted octanol–water partition coefficient (Wildman–Crippen LogP) is 4.75. The molecule has 1 aromatic carbocycles. The lowest BCUT2D eigenvalue weighted by Crippen LogP contribution is -2.34. The molecule has 0 amide bonds. The first-order chi connectivity index (χ1) is 10.1. The summed E-state index contributed by atoms with van der Waals surface area (Å²) in [5.41, 5.74) is 2.59. The van der Waals surface area contributed by atoms with Crippen LogP contribution in [0.4, 0.5) is 11.4 Å². The van der Waals surface area contributed by atoms with E-state index in [0.29, 0.717) is 6.04 Å². The number of nitrogens with zero attached hydrogens (tertiary/aromatic N) is 1. The minimum absolute atomic E-state index is 0.697. The molecule has 3 aliphatic rings. The fourth-order valence-electron chi connectivity index (χ4n) is 5.45. The average molecular weight is 349 g/mol. The third-order valence-corrected chi connectivity index (χ3v) is 6.70. The van der Waals surface area contributed by atoms with Gasteiger partial charge in [-0.3, -0.25) is 0 Å². The summed E-state index contributed by atoms with van der Waals surface area (Å²) in [5.74, 6) is 4.03. The molecule has 3 heteroatoms. The second-order valence-electron chi connectivity index (χ2n) is 7.46. The van der Waals surface area contributed by atoms with E-state index >= 15 is 0 Å². The zero-order valence-corrected chi connectivity index (χ0v) is 14.6. The Balaban J connectivity index is 1.56. The van der Waals surface area contributed by atoms with Crippen molar-refractivity contribution in [2.75, 3.05) is 24.3 Å². The molecule has 3 saturated carbocycles. The molecule has 5 atom stereocenters. The van der Waals surface area contributed by atoms with Crippen LogP contribution in [0.1, 0.15) is 32.1 Å². The van der Waals surface area contributed by atoms with Crippen molar-refractivity contribution < 1.29 is 0 Å². The van der Waals surface area contributed by atoms with Crippen LogP contribution in [0, 0.1) is 23.7 Å². The second kappa shape index (κ2) is 5.19. The number of hydrogen-bond acceptors (Lipinski definition) is 2. The highest BCUT2D eigenvalue weighted by Crippen LogP contribution is 2.59. The molecule has 0 spiro atoms. The first kappa shape index (κ1) is 13.9. The number of hydrogen-bond donors (Lipinski definition) is 1. The lowest BCUT2D eigenvalue weighted by atomic mass is 9.79. The zero-order chi connectivity index (χ0) is 14.6. The molecule has 0 radical (unpaired) electrons. The molecule has 114 valence electrons. The Morgan fingerprint density at radius 1 is 1.10 bits per heavy atom. The molecule has 0 heterocycles. The Morgan fingerprint density at radius 2 is 1.90 bits per heavy atom. The highest BCUT2D eigenvalue weighted by Gasteiger charge is 2.53. The van der Waals surface area contributed by atoms with E-state index in [1.807, 2.05) is 0 Å². The second-order valence-corrected chi connectivity index (χ2v) is 8.38. The summed E-state index contributed by atoms with van der Waals surface area (Å²) >= 11 is 3.62. The SMILES string of the molecule is CN(C)c1ccc(Br)cc1NC1CC2CC1C1CCCC21. The van der Waals surface area contributed by atoms with Crippen LogP contribution in [-0.2, 0) is 0 Å². The summed E-state index contributed by atoms with van der Waals surface area (Å²) in [6.45, 7) is 0. The quantitative estimate of drug-likeness (QED) is 0.847. The molecule has 1 N–H and O–H groups in total. The van der Waals surface area contributed by atoms with Crippen molar-refractivity contribution in [2.45, 2.75) is 38.1 Å². The maximum absolute atomic E-state index is 3.90. The normalized spacial score (nSPS) is 36.8. The van der Waals surface area contributed by atoms with Gasteiger partial charge >= 0.3 is 0 Å². The molecule has 21 heavy (non-hydrogen) atoms. The Bertz CT molecular complexity index is 542. The first-order valence-electron chi connectivity index (χ1n) is 8.37. The van der Waals surface area contributed by atoms with Gasteiger partial charge in [0.25, 0.3) is 0 Å². The standard InChI is InChI=1S/C18H25BrN2/c1-21(2)18-7-6-12(19)10-17(18)20-16-9-11-8-15(16)14-5-3-4-13(11)14/h6-7,10-11,13-16,20H,3-5,8-9H2,1-2H3. The Kier molecular flexibility index (Phi) is 3.44. The van der Waals surface area contributed by atoms with Crippen LogP contribution in [0.5, 0.6) is 0 Å². The molecule has 0 aliphatic heterocycles. The van der Waals surface area contributed by atoms with Gasteiger partial charge in [0.05, 0.1) is 11.4 Å². The van der Waals surface area contributed by atoms with E-state index in [4.69, 9.17) is 0 Å². The Morgan fingerprint density at radius 3 is 2.71 bits per heavy atom. The van der Waals surface area contributed by atoms with E-state index in [1.54, 1.807) is 0 Å². The largest absolute Gasteiger partial charge is 0.380 e. The number of benzene rings is 1. The summed E-state index contributed by atoms with van der Waals surface area (Å²) in [4.78, 5) is 2.21. The minimum atomic E-state index is 0.697. The maximum atomic E-state index is 3.90. The molecule has 2 bridgehead atoms. The highest BCUT2D eigenvalue weighted by molar-refractivity contribution is 9.10. The third kappa shape index (κ3) is 2.28. The smallest absolute Gasteiger partial charge is 0.0597 e. The first-order valence-corrected chi connectivity index (χ1v) is 9.16. The molecule has 3 aliphatic carbocycles. The van der Waals surface area contributed by atoms with Crippen LogP contribution in [0.3, 0.4) is 0 Å². The van der Waals surface area contributed by atoms with Gasteiger partial charge in [-0.2, -0.15) is 0 Å². The van der Waals surface area contributed by atoms with Crippen LogP contribution >= 0.6 is 15.9 Å². The summed E-state index contributed by atoms with van der Waals surface area (Å²) in [6, 6.07) is 7.28. The minimum Gasteiger partial charge on any atom is -0.380 e. The maximum Gasteiger partial charge on any atom is 0.0597 e. The van der Waals surface area contributed by atoms with E-state index in [0.717, 1.165) is 28.1 Å². The van der Waals surface area contributed by atoms with Crippen molar-refractivity contribution >= 4 is 27.3 Å². The van der Waals surface area contributed by atoms with E-state index in [1.165, 1.54) is 43.5 Å². The van der Waals surface area contributed by atoms with Crippen LogP contribution in [0.25, 0.3) is 0 Å². The predicted molar refractivity (Wildman–Crippen MR) is 92.9 cm³/mol. The summed E-state index contributed by atoms with van der Waals surface area (Å²) in [7, 11) is 4.25. The van der Waals surface area contributed by atoms with E-state index in [-0.39, 0.29) is 0 Å². The van der Waals surface area contributed by atoms with Crippen molar-refractivity contribution in [3.05, 3.63) is 22.7 Å².